The summed E-state index contributed by atoms with van der Waals surface area (Å²) in [4.78, 5) is 0. The summed E-state index contributed by atoms with van der Waals surface area (Å²) in [7, 11) is 0. The van der Waals surface area contributed by atoms with Crippen LogP contribution in [0.4, 0.5) is 0 Å². The molecule has 45 heavy (non-hydrogen) atoms. The second kappa shape index (κ2) is 16.1. The molecule has 17 nitrogen and oxygen atoms in total. The molecule has 3 heterocycles. The quantitative estimate of drug-likeness (QED) is 0.0831. The minimum atomic E-state index is -1.72. The fourth-order valence-corrected chi connectivity index (χ4v) is 6.19. The van der Waals surface area contributed by atoms with E-state index >= 15 is 0 Å². The first-order valence-corrected chi connectivity index (χ1v) is 15.4. The molecule has 12 N–H and O–H groups in total. The van der Waals surface area contributed by atoms with E-state index in [1.165, 1.54) is 13.8 Å². The van der Waals surface area contributed by atoms with Crippen LogP contribution in [-0.2, 0) is 28.4 Å². The number of aliphatic hydroxyl groups is 10. The number of nitrogens with two attached hydrogens (primary N) is 1. The molecule has 17 unspecified atom stereocenters. The molecule has 266 valence electrons. The van der Waals surface area contributed by atoms with Crippen LogP contribution in [0, 0.1) is 0 Å². The SMILES string of the molecule is CCC(C)(OC1C(CO)OC(C(C)(CC)OC2C(CO)OC(OCCN)C(O)C2O)C(O)C1O)C1OC(CO)C(O)C(O)C1O. The van der Waals surface area contributed by atoms with Gasteiger partial charge in [-0.15, -0.1) is 0 Å². The molecule has 0 aromatic heterocycles. The Hall–Kier alpha value is -0.680. The molecule has 0 saturated carbocycles. The van der Waals surface area contributed by atoms with Crippen molar-refractivity contribution < 1.29 is 79.5 Å². The van der Waals surface area contributed by atoms with Gasteiger partial charge in [0.25, 0.3) is 0 Å². The van der Waals surface area contributed by atoms with E-state index in [0.29, 0.717) is 0 Å². The lowest BCUT2D eigenvalue weighted by atomic mass is 9.81. The summed E-state index contributed by atoms with van der Waals surface area (Å²) in [5, 5.41) is 106. The summed E-state index contributed by atoms with van der Waals surface area (Å²) in [6, 6.07) is 0. The Bertz CT molecular complexity index is 901. The van der Waals surface area contributed by atoms with Gasteiger partial charge < -0.3 is 85.2 Å². The van der Waals surface area contributed by atoms with Crippen LogP contribution in [0.25, 0.3) is 0 Å². The summed E-state index contributed by atoms with van der Waals surface area (Å²) >= 11 is 0. The predicted molar refractivity (Wildman–Crippen MR) is 151 cm³/mol. The highest BCUT2D eigenvalue weighted by Crippen LogP contribution is 2.40. The monoisotopic (exact) mass is 659 g/mol. The van der Waals surface area contributed by atoms with Gasteiger partial charge in [0.15, 0.2) is 6.29 Å². The first-order valence-electron chi connectivity index (χ1n) is 15.4. The third-order valence-electron chi connectivity index (χ3n) is 9.40. The Kier molecular flexibility index (Phi) is 13.9. The Labute approximate surface area is 262 Å². The minimum absolute atomic E-state index is 0.0179. The summed E-state index contributed by atoms with van der Waals surface area (Å²) in [5.41, 5.74) is 2.44. The first kappa shape index (κ1) is 38.8. The molecule has 0 spiro atoms. The van der Waals surface area contributed by atoms with Crippen LogP contribution >= 0.6 is 0 Å². The smallest absolute Gasteiger partial charge is 0.186 e. The van der Waals surface area contributed by atoms with E-state index in [4.69, 9.17) is 34.2 Å². The normalized spacial score (nSPS) is 45.5. The lowest BCUT2D eigenvalue weighted by molar-refractivity contribution is -0.348. The van der Waals surface area contributed by atoms with Crippen molar-refractivity contribution in [2.75, 3.05) is 33.0 Å². The molecule has 0 amide bonds. The van der Waals surface area contributed by atoms with Crippen LogP contribution in [0.2, 0.25) is 0 Å². The molecule has 0 radical (unpaired) electrons. The maximum Gasteiger partial charge on any atom is 0.186 e. The topological polar surface area (TPSA) is 284 Å². The van der Waals surface area contributed by atoms with Gasteiger partial charge in [-0.25, -0.2) is 0 Å². The van der Waals surface area contributed by atoms with Crippen LogP contribution in [0.15, 0.2) is 0 Å². The summed E-state index contributed by atoms with van der Waals surface area (Å²) in [6.45, 7) is 4.53. The third-order valence-corrected chi connectivity index (χ3v) is 9.40. The summed E-state index contributed by atoms with van der Waals surface area (Å²) in [6.07, 6.45) is -21.7. The van der Waals surface area contributed by atoms with Crippen LogP contribution in [0.5, 0.6) is 0 Å². The summed E-state index contributed by atoms with van der Waals surface area (Å²) < 4.78 is 35.2. The van der Waals surface area contributed by atoms with Crippen LogP contribution < -0.4 is 5.73 Å². The number of hydrogen-bond acceptors (Lipinski definition) is 17. The average Bonchev–Trinajstić information content (AvgIpc) is 3.04. The minimum Gasteiger partial charge on any atom is -0.394 e. The fourth-order valence-electron chi connectivity index (χ4n) is 6.19. The Morgan fingerprint density at radius 2 is 1.00 bits per heavy atom. The fraction of sp³-hybridized carbons (Fsp3) is 1.00. The van der Waals surface area contributed by atoms with Crippen molar-refractivity contribution in [3.8, 4) is 0 Å². The molecule has 3 saturated heterocycles. The van der Waals surface area contributed by atoms with E-state index in [0.717, 1.165) is 0 Å². The number of hydrogen-bond donors (Lipinski definition) is 11. The van der Waals surface area contributed by atoms with Crippen molar-refractivity contribution in [1.82, 2.24) is 0 Å². The van der Waals surface area contributed by atoms with Gasteiger partial charge in [0.05, 0.1) is 37.6 Å². The second-order valence-corrected chi connectivity index (χ2v) is 12.4. The highest BCUT2D eigenvalue weighted by Gasteiger charge is 2.58. The second-order valence-electron chi connectivity index (χ2n) is 12.4. The van der Waals surface area contributed by atoms with E-state index < -0.39 is 123 Å². The largest absolute Gasteiger partial charge is 0.394 e. The highest BCUT2D eigenvalue weighted by molar-refractivity contribution is 5.05. The van der Waals surface area contributed by atoms with Gasteiger partial charge in [0.1, 0.15) is 85.5 Å². The first-order chi connectivity index (χ1) is 21.2. The van der Waals surface area contributed by atoms with Crippen molar-refractivity contribution in [2.45, 2.75) is 143 Å². The van der Waals surface area contributed by atoms with Gasteiger partial charge >= 0.3 is 0 Å². The molecule has 0 aliphatic carbocycles. The molecular formula is C28H53NO16. The Morgan fingerprint density at radius 1 is 0.578 bits per heavy atom. The molecule has 17 atom stereocenters. The average molecular weight is 660 g/mol. The lowest BCUT2D eigenvalue weighted by Gasteiger charge is -2.53. The van der Waals surface area contributed by atoms with Crippen molar-refractivity contribution >= 4 is 0 Å². The molecule has 0 bridgehead atoms. The van der Waals surface area contributed by atoms with Gasteiger partial charge in [-0.2, -0.15) is 0 Å². The van der Waals surface area contributed by atoms with Crippen molar-refractivity contribution in [2.24, 2.45) is 5.73 Å². The maximum atomic E-state index is 11.4. The molecular weight excluding hydrogens is 606 g/mol. The summed E-state index contributed by atoms with van der Waals surface area (Å²) in [5.74, 6) is 0. The standard InChI is InChI=1S/C28H53NO16/c1-5-27(3,24-19(37)16(34)15(33)12(9-30)41-24)44-22-13(10-31)42-25(20(38)17(22)35)28(4,6-2)45-23-14(11-32)43-26(40-8-7-29)21(39)18(23)36/h12-26,30-39H,5-11,29H2,1-4H3. The predicted octanol–water partition coefficient (Wildman–Crippen LogP) is -5.17. The van der Waals surface area contributed by atoms with Crippen molar-refractivity contribution in [3.05, 3.63) is 0 Å². The van der Waals surface area contributed by atoms with Crippen LogP contribution in [0.1, 0.15) is 40.5 Å². The zero-order chi connectivity index (χ0) is 33.9. The Balaban J connectivity index is 1.84. The molecule has 17 heteroatoms. The molecule has 3 fully saturated rings. The zero-order valence-corrected chi connectivity index (χ0v) is 26.1. The lowest BCUT2D eigenvalue weighted by Crippen LogP contribution is -2.70. The van der Waals surface area contributed by atoms with E-state index in [9.17, 15) is 51.1 Å². The number of aliphatic hydroxyl groups excluding tert-OH is 10. The van der Waals surface area contributed by atoms with E-state index in [1.807, 2.05) is 0 Å². The van der Waals surface area contributed by atoms with E-state index in [2.05, 4.69) is 0 Å². The maximum absolute atomic E-state index is 11.4. The van der Waals surface area contributed by atoms with Gasteiger partial charge in [-0.1, -0.05) is 13.8 Å². The highest BCUT2D eigenvalue weighted by atomic mass is 16.7. The molecule has 3 aliphatic rings. The Morgan fingerprint density at radius 3 is 1.44 bits per heavy atom. The van der Waals surface area contributed by atoms with E-state index in [1.54, 1.807) is 13.8 Å². The van der Waals surface area contributed by atoms with Crippen LogP contribution in [-0.4, -0.2) is 187 Å². The molecule has 0 aromatic carbocycles. The van der Waals surface area contributed by atoms with Gasteiger partial charge in [0, 0.05) is 6.54 Å². The van der Waals surface area contributed by atoms with Crippen LogP contribution in [0.3, 0.4) is 0 Å². The molecule has 3 rings (SSSR count). The molecule has 3 aliphatic heterocycles. The van der Waals surface area contributed by atoms with Gasteiger partial charge in [0.2, 0.25) is 0 Å². The number of rotatable bonds is 14. The van der Waals surface area contributed by atoms with Gasteiger partial charge in [-0.05, 0) is 26.7 Å². The molecule has 0 aromatic rings. The zero-order valence-electron chi connectivity index (χ0n) is 26.1. The third kappa shape index (κ3) is 7.81. The van der Waals surface area contributed by atoms with Gasteiger partial charge in [-0.3, -0.25) is 0 Å². The number of ether oxygens (including phenoxy) is 6. The van der Waals surface area contributed by atoms with Crippen molar-refractivity contribution in [3.63, 3.8) is 0 Å². The van der Waals surface area contributed by atoms with Crippen molar-refractivity contribution in [1.29, 1.82) is 0 Å². The van der Waals surface area contributed by atoms with E-state index in [-0.39, 0.29) is 26.0 Å².